The summed E-state index contributed by atoms with van der Waals surface area (Å²) in [4.78, 5) is 41.0. The summed E-state index contributed by atoms with van der Waals surface area (Å²) >= 11 is 0. The summed E-state index contributed by atoms with van der Waals surface area (Å²) in [6.45, 7) is 6.54. The van der Waals surface area contributed by atoms with Crippen molar-refractivity contribution in [1.29, 1.82) is 0 Å². The molecule has 1 N–H and O–H groups in total. The Morgan fingerprint density at radius 3 is 2.29 bits per heavy atom. The van der Waals surface area contributed by atoms with E-state index in [0.29, 0.717) is 32.4 Å². The fraction of sp³-hybridized carbons (Fsp3) is 0.419. The highest BCUT2D eigenvalue weighted by Gasteiger charge is 2.34. The van der Waals surface area contributed by atoms with Crippen LogP contribution in [0.2, 0.25) is 0 Å². The maximum Gasteiger partial charge on any atom is 0.410 e. The average molecular weight is 562 g/mol. The molecule has 0 bridgehead atoms. The van der Waals surface area contributed by atoms with Crippen LogP contribution in [-0.4, -0.2) is 69.6 Å². The van der Waals surface area contributed by atoms with Crippen LogP contribution in [0.15, 0.2) is 59.1 Å². The van der Waals surface area contributed by atoms with Gasteiger partial charge in [0.15, 0.2) is 11.5 Å². The number of aromatic nitrogens is 1. The van der Waals surface area contributed by atoms with Gasteiger partial charge in [0.05, 0.1) is 6.54 Å². The van der Waals surface area contributed by atoms with Gasteiger partial charge in [-0.15, -0.1) is 0 Å². The van der Waals surface area contributed by atoms with Crippen LogP contribution in [0.3, 0.4) is 0 Å². The number of carboxylic acid groups (broad SMARTS) is 1. The first-order valence-corrected chi connectivity index (χ1v) is 13.9. The normalized spacial score (nSPS) is 16.9. The minimum atomic E-state index is -1.21. The van der Waals surface area contributed by atoms with Gasteiger partial charge in [0.1, 0.15) is 12.2 Å². The summed E-state index contributed by atoms with van der Waals surface area (Å²) in [5.41, 5.74) is 3.65. The number of likely N-dealkylation sites (tertiary alicyclic amines) is 1. The van der Waals surface area contributed by atoms with Crippen molar-refractivity contribution in [3.05, 3.63) is 77.2 Å². The molecule has 41 heavy (non-hydrogen) atoms. The molecule has 10 heteroatoms. The molecular formula is C31H35N3O7. The fourth-order valence-electron chi connectivity index (χ4n) is 5.58. The van der Waals surface area contributed by atoms with Crippen LogP contribution in [-0.2, 0) is 16.0 Å². The highest BCUT2D eigenvalue weighted by molar-refractivity contribution is 5.85. The molecule has 1 unspecified atom stereocenters. The summed E-state index contributed by atoms with van der Waals surface area (Å²) in [5, 5.41) is 12.9. The number of amides is 2. The van der Waals surface area contributed by atoms with Gasteiger partial charge in [-0.3, -0.25) is 4.90 Å². The van der Waals surface area contributed by atoms with Gasteiger partial charge >= 0.3 is 18.2 Å². The Labute approximate surface area is 238 Å². The lowest BCUT2D eigenvalue weighted by Crippen LogP contribution is -2.42. The molecule has 0 saturated carbocycles. The molecule has 2 heterocycles. The molecule has 1 saturated heterocycles. The number of nitrogens with zero attached hydrogens (tertiary/aromatic N) is 3. The van der Waals surface area contributed by atoms with E-state index in [-0.39, 0.29) is 42.7 Å². The number of fused-ring (bicyclic) bond motifs is 3. The molecule has 1 fully saturated rings. The molecule has 216 valence electrons. The summed E-state index contributed by atoms with van der Waals surface area (Å²) in [7, 11) is 0. The Morgan fingerprint density at radius 2 is 1.68 bits per heavy atom. The quantitative estimate of drug-likeness (QED) is 0.394. The molecule has 5 rings (SSSR count). The third-order valence-electron chi connectivity index (χ3n) is 7.46. The van der Waals surface area contributed by atoms with E-state index in [1.807, 2.05) is 45.0 Å². The van der Waals surface area contributed by atoms with Crippen LogP contribution in [0.25, 0.3) is 11.1 Å². The Hall–Kier alpha value is -4.34. The maximum absolute atomic E-state index is 13.7. The number of hydrogen-bond donors (Lipinski definition) is 1. The first-order valence-electron chi connectivity index (χ1n) is 13.9. The molecule has 2 aliphatic rings. The molecule has 3 aromatic rings. The van der Waals surface area contributed by atoms with Gasteiger partial charge < -0.3 is 24.0 Å². The standard InChI is InChI=1S/C31H35N3O7/c1-31(2,3)40-29(37)33-15-8-9-20(14-16-33)34(18-21-17-27(28(35)36)32-41-21)30(38)39-19-26-24-12-6-4-10-22(24)23-11-5-7-13-25(23)26/h4-7,10-13,17,20,26H,8-9,14-16,18-19H2,1-3H3,(H,35,36). The number of hydrogen-bond acceptors (Lipinski definition) is 7. The van der Waals surface area contributed by atoms with Crippen molar-refractivity contribution in [3.8, 4) is 11.1 Å². The van der Waals surface area contributed by atoms with Crippen LogP contribution in [0.4, 0.5) is 9.59 Å². The topological polar surface area (TPSA) is 122 Å². The van der Waals surface area contributed by atoms with Gasteiger partial charge in [-0.25, -0.2) is 14.4 Å². The Bertz CT molecular complexity index is 1380. The predicted molar refractivity (Wildman–Crippen MR) is 150 cm³/mol. The summed E-state index contributed by atoms with van der Waals surface area (Å²) in [6, 6.07) is 17.3. The highest BCUT2D eigenvalue weighted by atomic mass is 16.6. The van der Waals surface area contributed by atoms with Gasteiger partial charge in [0, 0.05) is 31.1 Å². The van der Waals surface area contributed by atoms with Crippen molar-refractivity contribution in [1.82, 2.24) is 15.0 Å². The van der Waals surface area contributed by atoms with Crippen LogP contribution >= 0.6 is 0 Å². The molecular weight excluding hydrogens is 526 g/mol. The summed E-state index contributed by atoms with van der Waals surface area (Å²) < 4.78 is 16.8. The molecule has 1 aliphatic carbocycles. The number of aromatic carboxylic acids is 1. The second kappa shape index (κ2) is 11.6. The number of carbonyl (C=O) groups excluding carboxylic acids is 2. The maximum atomic E-state index is 13.7. The van der Waals surface area contributed by atoms with Gasteiger partial charge in [-0.05, 0) is 62.3 Å². The number of benzene rings is 2. The number of rotatable bonds is 6. The monoisotopic (exact) mass is 561 g/mol. The predicted octanol–water partition coefficient (Wildman–Crippen LogP) is 5.91. The van der Waals surface area contributed by atoms with Crippen LogP contribution in [0.5, 0.6) is 0 Å². The lowest BCUT2D eigenvalue weighted by Gasteiger charge is -2.30. The second-order valence-electron chi connectivity index (χ2n) is 11.5. The zero-order valence-corrected chi connectivity index (χ0v) is 23.5. The lowest BCUT2D eigenvalue weighted by molar-refractivity contribution is 0.0251. The van der Waals surface area contributed by atoms with Crippen LogP contribution in [0.1, 0.15) is 73.3 Å². The van der Waals surface area contributed by atoms with Crippen molar-refractivity contribution in [2.75, 3.05) is 19.7 Å². The number of carboxylic acids is 1. The third kappa shape index (κ3) is 6.37. The van der Waals surface area contributed by atoms with E-state index >= 15 is 0 Å². The molecule has 2 aromatic carbocycles. The SMILES string of the molecule is CC(C)(C)OC(=O)N1CCCC(N(Cc2cc(C(=O)O)no2)C(=O)OCC2c3ccccc3-c3ccccc32)CC1. The van der Waals surface area contributed by atoms with Crippen molar-refractivity contribution in [2.45, 2.75) is 64.1 Å². The van der Waals surface area contributed by atoms with Crippen molar-refractivity contribution >= 4 is 18.2 Å². The first-order chi connectivity index (χ1) is 19.6. The lowest BCUT2D eigenvalue weighted by atomic mass is 9.98. The molecule has 0 spiro atoms. The van der Waals surface area contributed by atoms with Crippen molar-refractivity contribution in [2.24, 2.45) is 0 Å². The smallest absolute Gasteiger partial charge is 0.410 e. The van der Waals surface area contributed by atoms with Crippen LogP contribution in [0, 0.1) is 0 Å². The molecule has 10 nitrogen and oxygen atoms in total. The van der Waals surface area contributed by atoms with Gasteiger partial charge in [0.2, 0.25) is 0 Å². The van der Waals surface area contributed by atoms with Crippen molar-refractivity contribution < 1.29 is 33.5 Å². The molecule has 0 radical (unpaired) electrons. The van der Waals surface area contributed by atoms with Crippen molar-refractivity contribution in [3.63, 3.8) is 0 Å². The van der Waals surface area contributed by atoms with Gasteiger partial charge in [0.25, 0.3) is 0 Å². The van der Waals surface area contributed by atoms with E-state index in [0.717, 1.165) is 22.3 Å². The van der Waals surface area contributed by atoms with E-state index in [9.17, 15) is 19.5 Å². The zero-order valence-electron chi connectivity index (χ0n) is 23.5. The number of carbonyl (C=O) groups is 3. The Morgan fingerprint density at radius 1 is 1.02 bits per heavy atom. The second-order valence-corrected chi connectivity index (χ2v) is 11.5. The average Bonchev–Trinajstić information content (AvgIpc) is 3.44. The largest absolute Gasteiger partial charge is 0.476 e. The van der Waals surface area contributed by atoms with E-state index < -0.39 is 17.7 Å². The van der Waals surface area contributed by atoms with E-state index in [1.165, 1.54) is 6.07 Å². The molecule has 2 amide bonds. The van der Waals surface area contributed by atoms with Crippen LogP contribution < -0.4 is 0 Å². The van der Waals surface area contributed by atoms with E-state index in [4.69, 9.17) is 14.0 Å². The Kier molecular flexibility index (Phi) is 8.01. The first kappa shape index (κ1) is 28.2. The third-order valence-corrected chi connectivity index (χ3v) is 7.46. The zero-order chi connectivity index (χ0) is 29.1. The fourth-order valence-corrected chi connectivity index (χ4v) is 5.58. The van der Waals surface area contributed by atoms with Gasteiger partial charge in [-0.1, -0.05) is 53.7 Å². The highest BCUT2D eigenvalue weighted by Crippen LogP contribution is 2.44. The van der Waals surface area contributed by atoms with E-state index in [1.54, 1.807) is 9.80 Å². The summed E-state index contributed by atoms with van der Waals surface area (Å²) in [5.74, 6) is -1.08. The number of ether oxygens (including phenoxy) is 2. The minimum absolute atomic E-state index is 0.00589. The van der Waals surface area contributed by atoms with Gasteiger partial charge in [-0.2, -0.15) is 0 Å². The Balaban J connectivity index is 1.33. The molecule has 1 aliphatic heterocycles. The molecule has 1 aromatic heterocycles. The molecule has 1 atom stereocenters. The van der Waals surface area contributed by atoms with E-state index in [2.05, 4.69) is 29.4 Å². The summed E-state index contributed by atoms with van der Waals surface area (Å²) in [6.07, 6.45) is 0.878. The minimum Gasteiger partial charge on any atom is -0.476 e.